The monoisotopic (exact) mass is 392 g/mol. The molecule has 1 fully saturated rings. The highest BCUT2D eigenvalue weighted by Gasteiger charge is 2.42. The van der Waals surface area contributed by atoms with Crippen LogP contribution in [0.1, 0.15) is 34.7 Å². The highest BCUT2D eigenvalue weighted by Crippen LogP contribution is 2.43. The number of nitrogens with one attached hydrogen (secondary N) is 1. The van der Waals surface area contributed by atoms with Crippen molar-refractivity contribution in [3.05, 3.63) is 77.4 Å². The van der Waals surface area contributed by atoms with Crippen molar-refractivity contribution in [2.45, 2.75) is 25.9 Å². The molecule has 1 aliphatic heterocycles. The van der Waals surface area contributed by atoms with Crippen molar-refractivity contribution in [3.8, 4) is 5.75 Å². The molecule has 0 saturated carbocycles. The van der Waals surface area contributed by atoms with Gasteiger partial charge in [0.05, 0.1) is 24.9 Å². The second kappa shape index (κ2) is 7.28. The van der Waals surface area contributed by atoms with E-state index >= 15 is 0 Å². The number of hydrogen-bond donors (Lipinski definition) is 1. The molecule has 2 atom stereocenters. The van der Waals surface area contributed by atoms with Gasteiger partial charge in [-0.2, -0.15) is 0 Å². The van der Waals surface area contributed by atoms with Crippen LogP contribution < -0.4 is 15.0 Å². The van der Waals surface area contributed by atoms with Gasteiger partial charge in [0, 0.05) is 36.4 Å². The molecule has 2 aromatic heterocycles. The predicted octanol–water partition coefficient (Wildman–Crippen LogP) is 4.22. The maximum atomic E-state index is 5.78. The van der Waals surface area contributed by atoms with E-state index in [1.807, 2.05) is 42.6 Å². The average molecular weight is 393 g/mol. The quantitative estimate of drug-likeness (QED) is 0.673. The van der Waals surface area contributed by atoms with Crippen molar-refractivity contribution >= 4 is 23.0 Å². The number of methoxy groups -OCH3 is 1. The number of aryl methyl sites for hydroxylation is 1. The Kier molecular flexibility index (Phi) is 4.81. The predicted molar refractivity (Wildman–Crippen MR) is 116 cm³/mol. The van der Waals surface area contributed by atoms with Crippen molar-refractivity contribution in [2.75, 3.05) is 12.0 Å². The minimum atomic E-state index is -0.0413. The lowest BCUT2D eigenvalue weighted by atomic mass is 9.96. The normalized spacial score (nSPS) is 19.0. The molecule has 1 saturated heterocycles. The number of pyridine rings is 1. The number of thiocarbonyl (C=S) groups is 1. The second-order valence-electron chi connectivity index (χ2n) is 7.08. The molecule has 3 aromatic rings. The van der Waals surface area contributed by atoms with Gasteiger partial charge in [0.15, 0.2) is 5.11 Å². The zero-order valence-corrected chi connectivity index (χ0v) is 17.3. The molecule has 0 aliphatic carbocycles. The Morgan fingerprint density at radius 2 is 1.93 bits per heavy atom. The number of benzene rings is 1. The minimum absolute atomic E-state index is 0.00518. The average Bonchev–Trinajstić information content (AvgIpc) is 3.19. The molecule has 1 aliphatic rings. The standard InChI is InChI=1S/C22H24N4OS/c1-14-12-18(15(2)25(14)3)21-20(19-10-5-6-11-23-19)24-22(28)26(21)16-8-7-9-17(13-16)27-4/h5-13,20-21H,1-4H3,(H,24,28)/t20-,21-/m0/s1. The van der Waals surface area contributed by atoms with Gasteiger partial charge in [-0.15, -0.1) is 0 Å². The lowest BCUT2D eigenvalue weighted by Gasteiger charge is -2.28. The summed E-state index contributed by atoms with van der Waals surface area (Å²) in [6.07, 6.45) is 1.83. The molecule has 6 heteroatoms. The van der Waals surface area contributed by atoms with E-state index in [0.717, 1.165) is 17.1 Å². The van der Waals surface area contributed by atoms with E-state index < -0.39 is 0 Å². The van der Waals surface area contributed by atoms with Gasteiger partial charge in [0.1, 0.15) is 5.75 Å². The summed E-state index contributed by atoms with van der Waals surface area (Å²) < 4.78 is 7.66. The van der Waals surface area contributed by atoms with Crippen LogP contribution in [0.2, 0.25) is 0 Å². The Labute approximate surface area is 171 Å². The molecular formula is C22H24N4OS. The fourth-order valence-corrected chi connectivity index (χ4v) is 4.24. The fraction of sp³-hybridized carbons (Fsp3) is 0.273. The first-order valence-corrected chi connectivity index (χ1v) is 9.69. The van der Waals surface area contributed by atoms with Crippen molar-refractivity contribution in [3.63, 3.8) is 0 Å². The van der Waals surface area contributed by atoms with Crippen molar-refractivity contribution in [1.29, 1.82) is 0 Å². The van der Waals surface area contributed by atoms with E-state index in [2.05, 4.69) is 52.8 Å². The fourth-order valence-electron chi connectivity index (χ4n) is 3.89. The SMILES string of the molecule is COc1cccc(N2C(=S)N[C@@H](c3ccccn3)[C@@H]2c2cc(C)n(C)c2C)c1. The van der Waals surface area contributed by atoms with Crippen LogP contribution in [-0.4, -0.2) is 21.8 Å². The number of rotatable bonds is 4. The zero-order chi connectivity index (χ0) is 19.8. The topological polar surface area (TPSA) is 42.3 Å². The Balaban J connectivity index is 1.88. The van der Waals surface area contributed by atoms with Gasteiger partial charge in [-0.05, 0) is 62.0 Å². The molecule has 3 heterocycles. The van der Waals surface area contributed by atoms with Crippen molar-refractivity contribution in [1.82, 2.24) is 14.9 Å². The first kappa shape index (κ1) is 18.5. The van der Waals surface area contributed by atoms with E-state index in [1.165, 1.54) is 17.0 Å². The van der Waals surface area contributed by atoms with Crippen LogP contribution >= 0.6 is 12.2 Å². The minimum Gasteiger partial charge on any atom is -0.497 e. The molecule has 4 rings (SSSR count). The summed E-state index contributed by atoms with van der Waals surface area (Å²) in [5.41, 5.74) is 5.66. The highest BCUT2D eigenvalue weighted by molar-refractivity contribution is 7.80. The summed E-state index contributed by atoms with van der Waals surface area (Å²) in [5.74, 6) is 0.807. The van der Waals surface area contributed by atoms with Gasteiger partial charge in [-0.3, -0.25) is 4.98 Å². The maximum absolute atomic E-state index is 5.78. The zero-order valence-electron chi connectivity index (χ0n) is 16.5. The van der Waals surface area contributed by atoms with Gasteiger partial charge >= 0.3 is 0 Å². The van der Waals surface area contributed by atoms with Crippen LogP contribution in [-0.2, 0) is 7.05 Å². The molecule has 1 N–H and O–H groups in total. The van der Waals surface area contributed by atoms with E-state index in [9.17, 15) is 0 Å². The lowest BCUT2D eigenvalue weighted by Crippen LogP contribution is -2.29. The molecule has 144 valence electrons. The third-order valence-corrected chi connectivity index (χ3v) is 5.88. The van der Waals surface area contributed by atoms with Gasteiger partial charge in [-0.1, -0.05) is 12.1 Å². The number of nitrogens with zero attached hydrogens (tertiary/aromatic N) is 3. The van der Waals surface area contributed by atoms with E-state index in [0.29, 0.717) is 5.11 Å². The Bertz CT molecular complexity index is 1010. The van der Waals surface area contributed by atoms with Crippen LogP contribution in [0.3, 0.4) is 0 Å². The highest BCUT2D eigenvalue weighted by atomic mass is 32.1. The van der Waals surface area contributed by atoms with E-state index in [4.69, 9.17) is 17.0 Å². The van der Waals surface area contributed by atoms with Gasteiger partial charge < -0.3 is 19.5 Å². The van der Waals surface area contributed by atoms with Gasteiger partial charge in [0.25, 0.3) is 0 Å². The summed E-state index contributed by atoms with van der Waals surface area (Å²) in [4.78, 5) is 6.79. The molecule has 0 bridgehead atoms. The number of anilines is 1. The Morgan fingerprint density at radius 3 is 2.57 bits per heavy atom. The smallest absolute Gasteiger partial charge is 0.174 e. The number of ether oxygens (including phenoxy) is 1. The molecule has 28 heavy (non-hydrogen) atoms. The van der Waals surface area contributed by atoms with Crippen LogP contribution in [0.25, 0.3) is 0 Å². The summed E-state index contributed by atoms with van der Waals surface area (Å²) in [6.45, 7) is 4.28. The van der Waals surface area contributed by atoms with E-state index in [1.54, 1.807) is 7.11 Å². The van der Waals surface area contributed by atoms with Crippen LogP contribution in [0.4, 0.5) is 5.69 Å². The number of aromatic nitrogens is 2. The molecule has 0 unspecified atom stereocenters. The second-order valence-corrected chi connectivity index (χ2v) is 7.47. The van der Waals surface area contributed by atoms with Crippen molar-refractivity contribution in [2.24, 2.45) is 7.05 Å². The van der Waals surface area contributed by atoms with E-state index in [-0.39, 0.29) is 12.1 Å². The number of hydrogen-bond acceptors (Lipinski definition) is 3. The van der Waals surface area contributed by atoms with Gasteiger partial charge in [0.2, 0.25) is 0 Å². The summed E-state index contributed by atoms with van der Waals surface area (Å²) in [5, 5.41) is 4.20. The largest absolute Gasteiger partial charge is 0.497 e. The Hall–Kier alpha value is -2.86. The molecule has 0 amide bonds. The van der Waals surface area contributed by atoms with Crippen LogP contribution in [0.5, 0.6) is 5.75 Å². The molecule has 1 aromatic carbocycles. The third-order valence-electron chi connectivity index (χ3n) is 5.56. The lowest BCUT2D eigenvalue weighted by molar-refractivity contribution is 0.415. The van der Waals surface area contributed by atoms with Crippen LogP contribution in [0.15, 0.2) is 54.7 Å². The maximum Gasteiger partial charge on any atom is 0.174 e. The third kappa shape index (κ3) is 3.03. The van der Waals surface area contributed by atoms with Gasteiger partial charge in [-0.25, -0.2) is 0 Å². The molecule has 0 radical (unpaired) electrons. The summed E-state index contributed by atoms with van der Waals surface area (Å²) >= 11 is 5.78. The van der Waals surface area contributed by atoms with Crippen LogP contribution in [0, 0.1) is 13.8 Å². The molecule has 5 nitrogen and oxygen atoms in total. The Morgan fingerprint density at radius 1 is 1.11 bits per heavy atom. The molecule has 0 spiro atoms. The molecular weight excluding hydrogens is 368 g/mol. The first-order chi connectivity index (χ1) is 13.5. The first-order valence-electron chi connectivity index (χ1n) is 9.28. The summed E-state index contributed by atoms with van der Waals surface area (Å²) in [7, 11) is 3.78. The summed E-state index contributed by atoms with van der Waals surface area (Å²) in [6, 6.07) is 16.2. The van der Waals surface area contributed by atoms with Crippen molar-refractivity contribution < 1.29 is 4.74 Å².